The summed E-state index contributed by atoms with van der Waals surface area (Å²) in [5, 5.41) is 0. The third kappa shape index (κ3) is 1.46. The second kappa shape index (κ2) is 3.80. The van der Waals surface area contributed by atoms with Gasteiger partial charge in [-0.05, 0) is 30.0 Å². The van der Waals surface area contributed by atoms with Crippen LogP contribution in [0.2, 0.25) is 0 Å². The molecule has 1 heterocycles. The van der Waals surface area contributed by atoms with Crippen LogP contribution in [-0.4, -0.2) is 0 Å². The third-order valence-corrected chi connectivity index (χ3v) is 3.54. The first-order valence-corrected chi connectivity index (χ1v) is 5.72. The highest BCUT2D eigenvalue weighted by Crippen LogP contribution is 2.40. The highest BCUT2D eigenvalue weighted by Gasteiger charge is 2.28. The quantitative estimate of drug-likeness (QED) is 0.832. The summed E-state index contributed by atoms with van der Waals surface area (Å²) in [4.78, 5) is 0. The topological polar surface area (TPSA) is 39.2 Å². The number of benzene rings is 1. The SMILES string of the molecule is NC(c1ccoc1)C1CCc2ccccc21. The Morgan fingerprint density at radius 2 is 2.12 bits per heavy atom. The Morgan fingerprint density at radius 3 is 2.94 bits per heavy atom. The van der Waals surface area contributed by atoms with Crippen LogP contribution in [-0.2, 0) is 6.42 Å². The van der Waals surface area contributed by atoms with Crippen molar-refractivity contribution in [1.29, 1.82) is 0 Å². The summed E-state index contributed by atoms with van der Waals surface area (Å²) in [6.07, 6.45) is 5.74. The lowest BCUT2D eigenvalue weighted by Crippen LogP contribution is -2.17. The number of hydrogen-bond donors (Lipinski definition) is 1. The zero-order chi connectivity index (χ0) is 11.0. The zero-order valence-corrected chi connectivity index (χ0v) is 9.10. The third-order valence-electron chi connectivity index (χ3n) is 3.54. The van der Waals surface area contributed by atoms with Crippen molar-refractivity contribution in [2.24, 2.45) is 5.73 Å². The number of furan rings is 1. The maximum atomic E-state index is 6.30. The van der Waals surface area contributed by atoms with Crippen LogP contribution in [0.1, 0.15) is 35.1 Å². The molecule has 2 nitrogen and oxygen atoms in total. The van der Waals surface area contributed by atoms with Crippen molar-refractivity contribution >= 4 is 0 Å². The molecule has 1 aliphatic carbocycles. The molecule has 2 N–H and O–H groups in total. The van der Waals surface area contributed by atoms with Gasteiger partial charge in [0.15, 0.2) is 0 Å². The fourth-order valence-electron chi connectivity index (χ4n) is 2.66. The second-order valence-electron chi connectivity index (χ2n) is 4.43. The summed E-state index contributed by atoms with van der Waals surface area (Å²) in [5.41, 5.74) is 10.3. The van der Waals surface area contributed by atoms with E-state index in [1.807, 2.05) is 6.07 Å². The molecule has 82 valence electrons. The minimum atomic E-state index is 0.0578. The number of rotatable bonds is 2. The number of aryl methyl sites for hydroxylation is 1. The Bertz CT molecular complexity index is 475. The van der Waals surface area contributed by atoms with Gasteiger partial charge in [-0.2, -0.15) is 0 Å². The van der Waals surface area contributed by atoms with Crippen LogP contribution in [0.4, 0.5) is 0 Å². The molecule has 16 heavy (non-hydrogen) atoms. The van der Waals surface area contributed by atoms with Gasteiger partial charge in [-0.1, -0.05) is 24.3 Å². The van der Waals surface area contributed by atoms with E-state index in [-0.39, 0.29) is 6.04 Å². The number of hydrogen-bond acceptors (Lipinski definition) is 2. The first-order valence-electron chi connectivity index (χ1n) is 5.72. The molecule has 2 atom stereocenters. The van der Waals surface area contributed by atoms with Crippen LogP contribution >= 0.6 is 0 Å². The van der Waals surface area contributed by atoms with Crippen LogP contribution in [0.5, 0.6) is 0 Å². The Hall–Kier alpha value is -1.54. The van der Waals surface area contributed by atoms with E-state index >= 15 is 0 Å². The summed E-state index contributed by atoms with van der Waals surface area (Å²) >= 11 is 0. The lowest BCUT2D eigenvalue weighted by Gasteiger charge is -2.18. The maximum Gasteiger partial charge on any atom is 0.0950 e. The average Bonchev–Trinajstić information content (AvgIpc) is 2.98. The summed E-state index contributed by atoms with van der Waals surface area (Å²) < 4.78 is 5.10. The van der Waals surface area contributed by atoms with Crippen molar-refractivity contribution in [1.82, 2.24) is 0 Å². The predicted molar refractivity (Wildman–Crippen MR) is 63.1 cm³/mol. The summed E-state index contributed by atoms with van der Waals surface area (Å²) in [7, 11) is 0. The van der Waals surface area contributed by atoms with E-state index in [1.54, 1.807) is 12.5 Å². The first kappa shape index (κ1) is 9.67. The Morgan fingerprint density at radius 1 is 1.25 bits per heavy atom. The molecule has 2 unspecified atom stereocenters. The van der Waals surface area contributed by atoms with Crippen LogP contribution < -0.4 is 5.73 Å². The molecule has 2 heteroatoms. The fourth-order valence-corrected chi connectivity index (χ4v) is 2.66. The lowest BCUT2D eigenvalue weighted by atomic mass is 9.90. The Labute approximate surface area is 95.1 Å². The van der Waals surface area contributed by atoms with Crippen LogP contribution in [0.3, 0.4) is 0 Å². The molecule has 0 aliphatic heterocycles. The van der Waals surface area contributed by atoms with Crippen molar-refractivity contribution in [2.45, 2.75) is 24.8 Å². The van der Waals surface area contributed by atoms with Crippen molar-refractivity contribution in [3.05, 3.63) is 59.5 Å². The molecule has 0 bridgehead atoms. The van der Waals surface area contributed by atoms with E-state index in [1.165, 1.54) is 11.1 Å². The Balaban J connectivity index is 1.93. The van der Waals surface area contributed by atoms with Crippen molar-refractivity contribution < 1.29 is 4.42 Å². The first-order chi connectivity index (χ1) is 7.86. The molecule has 0 amide bonds. The predicted octanol–water partition coefficient (Wildman–Crippen LogP) is 3.01. The molecule has 0 spiro atoms. The van der Waals surface area contributed by atoms with E-state index in [4.69, 9.17) is 10.2 Å². The minimum absolute atomic E-state index is 0.0578. The van der Waals surface area contributed by atoms with Gasteiger partial charge >= 0.3 is 0 Å². The van der Waals surface area contributed by atoms with Gasteiger partial charge in [-0.25, -0.2) is 0 Å². The molecule has 1 aromatic carbocycles. The van der Waals surface area contributed by atoms with Crippen LogP contribution in [0.15, 0.2) is 47.3 Å². The van der Waals surface area contributed by atoms with Gasteiger partial charge in [0.2, 0.25) is 0 Å². The highest BCUT2D eigenvalue weighted by molar-refractivity contribution is 5.37. The van der Waals surface area contributed by atoms with E-state index in [0.717, 1.165) is 18.4 Å². The monoisotopic (exact) mass is 213 g/mol. The Kier molecular flexibility index (Phi) is 2.29. The molecular weight excluding hydrogens is 198 g/mol. The normalized spacial score (nSPS) is 20.7. The smallest absolute Gasteiger partial charge is 0.0950 e. The van der Waals surface area contributed by atoms with Crippen molar-refractivity contribution in [3.63, 3.8) is 0 Å². The highest BCUT2D eigenvalue weighted by atomic mass is 16.3. The van der Waals surface area contributed by atoms with Gasteiger partial charge in [0, 0.05) is 17.5 Å². The van der Waals surface area contributed by atoms with Gasteiger partial charge < -0.3 is 10.2 Å². The van der Waals surface area contributed by atoms with Crippen molar-refractivity contribution in [3.8, 4) is 0 Å². The van der Waals surface area contributed by atoms with E-state index < -0.39 is 0 Å². The van der Waals surface area contributed by atoms with E-state index in [2.05, 4.69) is 24.3 Å². The standard InChI is InChI=1S/C14H15NO/c15-14(11-7-8-16-9-11)13-6-5-10-3-1-2-4-12(10)13/h1-4,7-9,13-14H,5-6,15H2. The molecule has 1 aliphatic rings. The molecule has 0 fully saturated rings. The second-order valence-corrected chi connectivity index (χ2v) is 4.43. The lowest BCUT2D eigenvalue weighted by molar-refractivity contribution is 0.527. The minimum Gasteiger partial charge on any atom is -0.472 e. The molecule has 0 radical (unpaired) electrons. The summed E-state index contributed by atoms with van der Waals surface area (Å²) in [6.45, 7) is 0. The van der Waals surface area contributed by atoms with Crippen LogP contribution in [0, 0.1) is 0 Å². The summed E-state index contributed by atoms with van der Waals surface area (Å²) in [5.74, 6) is 0.439. The average molecular weight is 213 g/mol. The van der Waals surface area contributed by atoms with Gasteiger partial charge in [0.05, 0.1) is 12.5 Å². The fraction of sp³-hybridized carbons (Fsp3) is 0.286. The van der Waals surface area contributed by atoms with Crippen LogP contribution in [0.25, 0.3) is 0 Å². The number of nitrogens with two attached hydrogens (primary N) is 1. The maximum absolute atomic E-state index is 6.30. The summed E-state index contributed by atoms with van der Waals surface area (Å²) in [6, 6.07) is 10.6. The largest absolute Gasteiger partial charge is 0.472 e. The van der Waals surface area contributed by atoms with Gasteiger partial charge in [0.25, 0.3) is 0 Å². The molecule has 0 saturated carbocycles. The molecule has 2 aromatic rings. The molecular formula is C14H15NO. The number of fused-ring (bicyclic) bond motifs is 1. The molecule has 1 aromatic heterocycles. The van der Waals surface area contributed by atoms with Gasteiger partial charge in [0.1, 0.15) is 0 Å². The van der Waals surface area contributed by atoms with E-state index in [9.17, 15) is 0 Å². The molecule has 3 rings (SSSR count). The van der Waals surface area contributed by atoms with Gasteiger partial charge in [-0.15, -0.1) is 0 Å². The van der Waals surface area contributed by atoms with Gasteiger partial charge in [-0.3, -0.25) is 0 Å². The van der Waals surface area contributed by atoms with E-state index in [0.29, 0.717) is 5.92 Å². The van der Waals surface area contributed by atoms with Crippen molar-refractivity contribution in [2.75, 3.05) is 0 Å². The zero-order valence-electron chi connectivity index (χ0n) is 9.10. The molecule has 0 saturated heterocycles.